The number of benzene rings is 2. The second kappa shape index (κ2) is 14.2. The summed E-state index contributed by atoms with van der Waals surface area (Å²) in [6.45, 7) is 13.1. The summed E-state index contributed by atoms with van der Waals surface area (Å²) in [5.41, 5.74) is -1.14. The Morgan fingerprint density at radius 3 is 1.94 bits per heavy atom. The number of carbonyl (C=O) groups excluding carboxylic acids is 2. The fourth-order valence-corrected chi connectivity index (χ4v) is 9.27. The van der Waals surface area contributed by atoms with Gasteiger partial charge in [0.05, 0.1) is 43.5 Å². The molecule has 6 unspecified atom stereocenters. The molecule has 0 aliphatic carbocycles. The van der Waals surface area contributed by atoms with Crippen molar-refractivity contribution in [2.45, 2.75) is 88.9 Å². The maximum atomic E-state index is 13.4. The van der Waals surface area contributed by atoms with E-state index in [2.05, 4.69) is 10.9 Å². The second-order valence-electron chi connectivity index (χ2n) is 14.0. The van der Waals surface area contributed by atoms with Crippen molar-refractivity contribution in [1.82, 2.24) is 9.80 Å². The quantitative estimate of drug-likeness (QED) is 0.185. The number of ether oxygens (including phenoxy) is 2. The van der Waals surface area contributed by atoms with Gasteiger partial charge in [-0.25, -0.2) is 9.41 Å². The Morgan fingerprint density at radius 2 is 1.42 bits per heavy atom. The van der Waals surface area contributed by atoms with Gasteiger partial charge in [-0.1, -0.05) is 6.07 Å². The lowest BCUT2D eigenvalue weighted by Crippen LogP contribution is -2.55. The van der Waals surface area contributed by atoms with Crippen LogP contribution in [-0.2, 0) is 36.8 Å². The molecule has 2 saturated heterocycles. The third-order valence-corrected chi connectivity index (χ3v) is 11.5. The summed E-state index contributed by atoms with van der Waals surface area (Å²) < 4.78 is 60.3. The van der Waals surface area contributed by atoms with Gasteiger partial charge in [-0.2, -0.15) is 5.26 Å². The highest BCUT2D eigenvalue weighted by molar-refractivity contribution is 7.47. The largest absolute Gasteiger partial charge is 0.756 e. The fourth-order valence-electron chi connectivity index (χ4n) is 7.24. The number of rotatable bonds is 11. The summed E-state index contributed by atoms with van der Waals surface area (Å²) in [7, 11) is -10.2. The van der Waals surface area contributed by atoms with Crippen molar-refractivity contribution in [2.75, 3.05) is 26.3 Å². The van der Waals surface area contributed by atoms with Crippen LogP contribution in [0.1, 0.15) is 82.2 Å². The first kappa shape index (κ1) is 37.9. The van der Waals surface area contributed by atoms with E-state index in [0.717, 1.165) is 0 Å². The first-order valence-electron chi connectivity index (χ1n) is 16.8. The van der Waals surface area contributed by atoms with Gasteiger partial charge >= 0.3 is 7.82 Å². The van der Waals surface area contributed by atoms with Crippen molar-refractivity contribution in [3.63, 3.8) is 0 Å². The van der Waals surface area contributed by atoms with Crippen molar-refractivity contribution < 1.29 is 56.1 Å². The van der Waals surface area contributed by atoms with Gasteiger partial charge in [-0.15, -0.1) is 0 Å². The van der Waals surface area contributed by atoms with E-state index < -0.39 is 64.4 Å². The van der Waals surface area contributed by atoms with Crippen LogP contribution in [-0.4, -0.2) is 76.2 Å². The lowest BCUT2D eigenvalue weighted by molar-refractivity contribution is -0.240. The van der Waals surface area contributed by atoms with Crippen LogP contribution in [0.2, 0.25) is 0 Å². The third-order valence-electron chi connectivity index (χ3n) is 9.56. The highest BCUT2D eigenvalue weighted by atomic mass is 31.2. The topological polar surface area (TPSA) is 202 Å². The molecule has 2 aromatic rings. The van der Waals surface area contributed by atoms with E-state index in [1.807, 2.05) is 0 Å². The van der Waals surface area contributed by atoms with Crippen molar-refractivity contribution in [2.24, 2.45) is 0 Å². The van der Waals surface area contributed by atoms with Crippen LogP contribution < -0.4 is 14.4 Å². The first-order valence-corrected chi connectivity index (χ1v) is 19.7. The lowest BCUT2D eigenvalue weighted by atomic mass is 9.85. The first-order chi connectivity index (χ1) is 24.4. The summed E-state index contributed by atoms with van der Waals surface area (Å²) in [5.74, 6) is 0.366. The highest BCUT2D eigenvalue weighted by Crippen LogP contribution is 2.55. The van der Waals surface area contributed by atoms with E-state index in [-0.39, 0.29) is 30.3 Å². The van der Waals surface area contributed by atoms with Crippen LogP contribution in [0.4, 0.5) is 5.69 Å². The van der Waals surface area contributed by atoms with E-state index in [1.165, 1.54) is 15.9 Å². The minimum atomic E-state index is -5.19. The van der Waals surface area contributed by atoms with Crippen LogP contribution in [0.15, 0.2) is 36.4 Å². The Kier molecular flexibility index (Phi) is 10.4. The molecule has 2 amide bonds. The number of carbonyl (C=O) groups is 2. The molecule has 4 aliphatic rings. The Bertz CT molecular complexity index is 1800. The van der Waals surface area contributed by atoms with Crippen LogP contribution in [0, 0.1) is 17.9 Å². The lowest BCUT2D eigenvalue weighted by Gasteiger charge is -2.48. The summed E-state index contributed by atoms with van der Waals surface area (Å²) >= 11 is 0. The molecular weight excluding hydrogens is 718 g/mol. The van der Waals surface area contributed by atoms with Crippen LogP contribution in [0.3, 0.4) is 0 Å². The summed E-state index contributed by atoms with van der Waals surface area (Å²) in [5, 5.41) is 9.52. The number of hydrogen-bond acceptors (Lipinski definition) is 12. The Morgan fingerprint density at radius 1 is 0.904 bits per heavy atom. The third kappa shape index (κ3) is 7.63. The number of hydrogen-bond donors (Lipinski definition) is 1. The summed E-state index contributed by atoms with van der Waals surface area (Å²) in [6.07, 6.45) is -0.879. The van der Waals surface area contributed by atoms with E-state index in [1.54, 1.807) is 58.0 Å². The Balaban J connectivity index is 1.15. The standard InChI is InChI=1S/C34H40N4O12P2/c1-33(2)31(29(37-14-6-8-27(37)39)23-18-21(20-35)10-12-25(23)47-33)49-51(41,42)45-16-17-46-52(43,44)50-32-30(38-15-7-9-28(38)40)24-19-22(36-5)11-13-26(24)48-34(32,3)4/h10-13,18-19,29-32H,6-9,14-17H2,1-4H3,(H,41,42)(H,43,44)/p-1. The fraction of sp³-hybridized carbons (Fsp3) is 0.529. The molecule has 6 rings (SSSR count). The van der Waals surface area contributed by atoms with E-state index >= 15 is 0 Å². The van der Waals surface area contributed by atoms with Crippen LogP contribution in [0.5, 0.6) is 11.5 Å². The second-order valence-corrected chi connectivity index (χ2v) is 16.8. The zero-order valence-electron chi connectivity index (χ0n) is 29.1. The number of phosphoric acid groups is 2. The summed E-state index contributed by atoms with van der Waals surface area (Å²) in [4.78, 5) is 56.5. The number of nitriles is 1. The van der Waals surface area contributed by atoms with Gasteiger partial charge in [0, 0.05) is 37.1 Å². The van der Waals surface area contributed by atoms with E-state index in [9.17, 15) is 33.8 Å². The van der Waals surface area contributed by atoms with Gasteiger partial charge in [0.15, 0.2) is 5.69 Å². The normalized spacial score (nSPS) is 26.9. The molecule has 0 radical (unpaired) electrons. The van der Waals surface area contributed by atoms with Crippen molar-refractivity contribution in [1.29, 1.82) is 5.26 Å². The van der Waals surface area contributed by atoms with Gasteiger partial charge in [0.2, 0.25) is 11.8 Å². The van der Waals surface area contributed by atoms with E-state index in [4.69, 9.17) is 34.1 Å². The molecule has 16 nitrogen and oxygen atoms in total. The van der Waals surface area contributed by atoms with Crippen LogP contribution >= 0.6 is 15.6 Å². The molecule has 4 heterocycles. The van der Waals surface area contributed by atoms with Gasteiger partial charge < -0.3 is 38.1 Å². The molecule has 0 spiro atoms. The monoisotopic (exact) mass is 757 g/mol. The number of nitrogens with zero attached hydrogens (tertiary/aromatic N) is 4. The molecule has 0 aromatic heterocycles. The molecular formula is C34H39N4O12P2-. The van der Waals surface area contributed by atoms with E-state index in [0.29, 0.717) is 54.1 Å². The zero-order valence-corrected chi connectivity index (χ0v) is 30.8. The molecule has 18 heteroatoms. The Hall–Kier alpha value is -3.82. The number of likely N-dealkylation sites (tertiary alicyclic amines) is 2. The average molecular weight is 758 g/mol. The van der Waals surface area contributed by atoms with Crippen molar-refractivity contribution in [3.8, 4) is 17.6 Å². The van der Waals surface area contributed by atoms with Gasteiger partial charge in [0.25, 0.3) is 7.82 Å². The molecule has 1 N–H and O–H groups in total. The molecule has 278 valence electrons. The molecule has 6 atom stereocenters. The minimum Gasteiger partial charge on any atom is -0.756 e. The molecule has 2 aromatic carbocycles. The number of fused-ring (bicyclic) bond motifs is 2. The van der Waals surface area contributed by atoms with Crippen molar-refractivity contribution in [3.05, 3.63) is 64.5 Å². The molecule has 2 fully saturated rings. The molecule has 0 saturated carbocycles. The zero-order chi connectivity index (χ0) is 37.6. The number of amides is 2. The molecule has 4 aliphatic heterocycles. The molecule has 52 heavy (non-hydrogen) atoms. The summed E-state index contributed by atoms with van der Waals surface area (Å²) in [6, 6.07) is 9.65. The van der Waals surface area contributed by atoms with Gasteiger partial charge in [-0.3, -0.25) is 23.2 Å². The predicted octanol–water partition coefficient (Wildman–Crippen LogP) is 4.85. The number of phosphoric ester groups is 2. The average Bonchev–Trinajstić information content (AvgIpc) is 3.70. The van der Waals surface area contributed by atoms with Gasteiger partial charge in [-0.05, 0) is 70.9 Å². The van der Waals surface area contributed by atoms with Crippen molar-refractivity contribution >= 4 is 33.1 Å². The SMILES string of the molecule is [C-]#[N+]c1ccc2c(c1)C(N1CCCC1=O)C(OP(=O)([O-])OCCOP(=O)(O)OC1C(N3CCCC3=O)c3cc(C#N)ccc3OC1(C)C)C(C)(C)O2. The molecule has 0 bridgehead atoms. The minimum absolute atomic E-state index is 0.198. The Labute approximate surface area is 301 Å². The van der Waals surface area contributed by atoms with Crippen LogP contribution in [0.25, 0.3) is 4.85 Å². The smallest absolute Gasteiger partial charge is 0.472 e. The maximum Gasteiger partial charge on any atom is 0.472 e. The predicted molar refractivity (Wildman–Crippen MR) is 180 cm³/mol. The highest BCUT2D eigenvalue weighted by Gasteiger charge is 2.53. The maximum absolute atomic E-state index is 13.4. The van der Waals surface area contributed by atoms with Gasteiger partial charge in [0.1, 0.15) is 34.9 Å².